The van der Waals surface area contributed by atoms with Crippen LogP contribution >= 0.6 is 11.8 Å². The molecule has 0 radical (unpaired) electrons. The van der Waals surface area contributed by atoms with Gasteiger partial charge in [0.1, 0.15) is 6.04 Å². The maximum atomic E-state index is 12.2. The maximum Gasteiger partial charge on any atom is 0.248 e. The number of hydrogen-bond donors (Lipinski definition) is 1. The second kappa shape index (κ2) is 4.65. The Morgan fingerprint density at radius 3 is 2.74 bits per heavy atom. The van der Waals surface area contributed by atoms with Gasteiger partial charge in [0.15, 0.2) is 0 Å². The Labute approximate surface area is 116 Å². The molecule has 1 N–H and O–H groups in total. The Hall–Kier alpha value is -1.33. The van der Waals surface area contributed by atoms with Crippen molar-refractivity contribution in [2.24, 2.45) is 4.99 Å². The molecule has 0 aliphatic carbocycles. The summed E-state index contributed by atoms with van der Waals surface area (Å²) in [6.45, 7) is 2.59. The zero-order valence-corrected chi connectivity index (χ0v) is 11.6. The zero-order chi connectivity index (χ0) is 13.5. The normalized spacial score (nSPS) is 24.8. The maximum absolute atomic E-state index is 12.2. The summed E-state index contributed by atoms with van der Waals surface area (Å²) in [5, 5.41) is 10.6. The number of carbonyl (C=O) groups excluding carboxylic acids is 1. The van der Waals surface area contributed by atoms with Gasteiger partial charge in [-0.15, -0.1) is 11.8 Å². The van der Waals surface area contributed by atoms with Crippen molar-refractivity contribution in [1.82, 2.24) is 4.90 Å². The van der Waals surface area contributed by atoms with Crippen LogP contribution in [0.4, 0.5) is 0 Å². The molecule has 3 rings (SSSR count). The number of β-amino-alcohol motifs (C(OH)–C–C–N with tert-alkyl or cyclic N) is 1. The quantitative estimate of drug-likeness (QED) is 0.881. The lowest BCUT2D eigenvalue weighted by molar-refractivity contribution is -0.152. The van der Waals surface area contributed by atoms with Crippen molar-refractivity contribution in [2.75, 3.05) is 18.8 Å². The van der Waals surface area contributed by atoms with Crippen molar-refractivity contribution in [3.63, 3.8) is 0 Å². The Bertz CT molecular complexity index is 520. The number of amides is 1. The van der Waals surface area contributed by atoms with E-state index in [4.69, 9.17) is 0 Å². The number of aliphatic hydroxyl groups is 1. The minimum atomic E-state index is -0.715. The molecule has 1 fully saturated rings. The lowest BCUT2D eigenvalue weighted by atomic mass is 9.96. The number of rotatable bonds is 2. The molecular formula is C14H16N2O2S. The van der Waals surface area contributed by atoms with E-state index in [0.29, 0.717) is 18.8 Å². The first-order valence-electron chi connectivity index (χ1n) is 6.32. The third-order valence-corrected chi connectivity index (χ3v) is 4.43. The molecule has 2 heterocycles. The second-order valence-electron chi connectivity index (χ2n) is 5.32. The monoisotopic (exact) mass is 276 g/mol. The molecule has 1 unspecified atom stereocenters. The van der Waals surface area contributed by atoms with E-state index in [1.54, 1.807) is 23.6 Å². The predicted molar refractivity (Wildman–Crippen MR) is 76.4 cm³/mol. The lowest BCUT2D eigenvalue weighted by Gasteiger charge is -2.44. The van der Waals surface area contributed by atoms with E-state index in [0.717, 1.165) is 10.6 Å². The third kappa shape index (κ3) is 2.53. The van der Waals surface area contributed by atoms with Crippen LogP contribution in [0, 0.1) is 0 Å². The summed E-state index contributed by atoms with van der Waals surface area (Å²) in [6, 6.07) is 9.63. The van der Waals surface area contributed by atoms with Crippen LogP contribution in [0.5, 0.6) is 0 Å². The highest BCUT2D eigenvalue weighted by molar-refractivity contribution is 8.14. The molecule has 4 nitrogen and oxygen atoms in total. The van der Waals surface area contributed by atoms with Crippen molar-refractivity contribution in [3.8, 4) is 0 Å². The van der Waals surface area contributed by atoms with Gasteiger partial charge in [0, 0.05) is 11.3 Å². The Morgan fingerprint density at radius 1 is 1.42 bits per heavy atom. The van der Waals surface area contributed by atoms with Crippen LogP contribution in [0.25, 0.3) is 0 Å². The van der Waals surface area contributed by atoms with Gasteiger partial charge in [-0.2, -0.15) is 0 Å². The molecule has 2 aliphatic rings. The molecule has 0 bridgehead atoms. The molecule has 0 saturated carbocycles. The fraction of sp³-hybridized carbons (Fsp3) is 0.429. The highest BCUT2D eigenvalue weighted by Crippen LogP contribution is 2.27. The van der Waals surface area contributed by atoms with E-state index >= 15 is 0 Å². The van der Waals surface area contributed by atoms with E-state index < -0.39 is 5.60 Å². The summed E-state index contributed by atoms with van der Waals surface area (Å²) >= 11 is 1.62. The van der Waals surface area contributed by atoms with Crippen molar-refractivity contribution >= 4 is 22.7 Å². The van der Waals surface area contributed by atoms with E-state index in [1.165, 1.54) is 0 Å². The number of thioether (sulfide) groups is 1. The highest BCUT2D eigenvalue weighted by atomic mass is 32.2. The van der Waals surface area contributed by atoms with Crippen LogP contribution < -0.4 is 0 Å². The van der Waals surface area contributed by atoms with Crippen molar-refractivity contribution < 1.29 is 9.90 Å². The molecule has 1 aromatic carbocycles. The summed E-state index contributed by atoms with van der Waals surface area (Å²) in [4.78, 5) is 18.4. The topological polar surface area (TPSA) is 52.9 Å². The van der Waals surface area contributed by atoms with Crippen molar-refractivity contribution in [2.45, 2.75) is 18.6 Å². The number of hydrogen-bond acceptors (Lipinski definition) is 4. The van der Waals surface area contributed by atoms with E-state index in [1.807, 2.05) is 30.3 Å². The molecule has 1 saturated heterocycles. The van der Waals surface area contributed by atoms with Crippen LogP contribution in [0.2, 0.25) is 0 Å². The summed E-state index contributed by atoms with van der Waals surface area (Å²) in [6.07, 6.45) is 0. The molecule has 1 atom stereocenters. The number of aliphatic imine (C=N–C) groups is 1. The Kier molecular flexibility index (Phi) is 3.11. The first-order valence-corrected chi connectivity index (χ1v) is 7.31. The summed E-state index contributed by atoms with van der Waals surface area (Å²) in [7, 11) is 0. The van der Waals surface area contributed by atoms with E-state index in [-0.39, 0.29) is 11.9 Å². The van der Waals surface area contributed by atoms with Gasteiger partial charge >= 0.3 is 0 Å². The van der Waals surface area contributed by atoms with Crippen molar-refractivity contribution in [3.05, 3.63) is 35.9 Å². The van der Waals surface area contributed by atoms with Crippen LogP contribution in [-0.2, 0) is 4.79 Å². The van der Waals surface area contributed by atoms with E-state index in [9.17, 15) is 9.90 Å². The van der Waals surface area contributed by atoms with Gasteiger partial charge in [-0.3, -0.25) is 9.79 Å². The van der Waals surface area contributed by atoms with Gasteiger partial charge in [0.2, 0.25) is 5.91 Å². The zero-order valence-electron chi connectivity index (χ0n) is 10.7. The molecule has 0 spiro atoms. The minimum absolute atomic E-state index is 0.0324. The molecule has 100 valence electrons. The first-order chi connectivity index (χ1) is 9.05. The largest absolute Gasteiger partial charge is 0.386 e. The molecule has 1 aromatic rings. The number of nitrogens with zero attached hydrogens (tertiary/aromatic N) is 2. The fourth-order valence-corrected chi connectivity index (χ4v) is 3.42. The molecule has 0 aromatic heterocycles. The average molecular weight is 276 g/mol. The van der Waals surface area contributed by atoms with Gasteiger partial charge < -0.3 is 10.0 Å². The smallest absolute Gasteiger partial charge is 0.248 e. The second-order valence-corrected chi connectivity index (χ2v) is 6.33. The van der Waals surface area contributed by atoms with Gasteiger partial charge in [-0.25, -0.2) is 0 Å². The van der Waals surface area contributed by atoms with Crippen LogP contribution in [0.15, 0.2) is 35.3 Å². The first kappa shape index (κ1) is 12.7. The average Bonchev–Trinajstić information content (AvgIpc) is 2.85. The Balaban J connectivity index is 1.68. The molecule has 1 amide bonds. The summed E-state index contributed by atoms with van der Waals surface area (Å²) < 4.78 is 0. The molecular weight excluding hydrogens is 260 g/mol. The van der Waals surface area contributed by atoms with Gasteiger partial charge in [-0.05, 0) is 6.92 Å². The van der Waals surface area contributed by atoms with Gasteiger partial charge in [0.05, 0.1) is 23.7 Å². The Morgan fingerprint density at radius 2 is 2.11 bits per heavy atom. The standard InChI is InChI=1S/C14H16N2O2S/c1-14(18)8-16(9-14)13(17)11-7-19-12(15-11)10-5-3-2-4-6-10/h2-6,11,18H,7-9H2,1H3. The predicted octanol–water partition coefficient (Wildman–Crippen LogP) is 1.14. The van der Waals surface area contributed by atoms with Crippen LogP contribution in [0.3, 0.4) is 0 Å². The lowest BCUT2D eigenvalue weighted by Crippen LogP contribution is -2.63. The number of benzene rings is 1. The summed E-state index contributed by atoms with van der Waals surface area (Å²) in [5.41, 5.74) is 0.353. The number of likely N-dealkylation sites (tertiary alicyclic amines) is 1. The fourth-order valence-electron chi connectivity index (χ4n) is 2.38. The molecule has 5 heteroatoms. The summed E-state index contributed by atoms with van der Waals surface area (Å²) in [5.74, 6) is 0.729. The van der Waals surface area contributed by atoms with E-state index in [2.05, 4.69) is 4.99 Å². The highest BCUT2D eigenvalue weighted by Gasteiger charge is 2.42. The van der Waals surface area contributed by atoms with Crippen LogP contribution in [-0.4, -0.2) is 51.4 Å². The molecule has 2 aliphatic heterocycles. The number of carbonyl (C=O) groups is 1. The SMILES string of the molecule is CC1(O)CN(C(=O)C2CSC(c3ccccc3)=N2)C1. The van der Waals surface area contributed by atoms with Crippen molar-refractivity contribution in [1.29, 1.82) is 0 Å². The third-order valence-electron chi connectivity index (χ3n) is 3.33. The molecule has 19 heavy (non-hydrogen) atoms. The van der Waals surface area contributed by atoms with Crippen LogP contribution in [0.1, 0.15) is 12.5 Å². The minimum Gasteiger partial charge on any atom is -0.386 e. The van der Waals surface area contributed by atoms with Gasteiger partial charge in [0.25, 0.3) is 0 Å². The van der Waals surface area contributed by atoms with Gasteiger partial charge in [-0.1, -0.05) is 30.3 Å².